The molecule has 0 saturated carbocycles. The maximum atomic E-state index is 12.3. The Hall–Kier alpha value is -2.33. The van der Waals surface area contributed by atoms with E-state index in [-0.39, 0.29) is 18.6 Å². The molecule has 144 valence electrons. The maximum Gasteiger partial charge on any atom is 0.258 e. The molecule has 4 nitrogen and oxygen atoms in total. The zero-order chi connectivity index (χ0) is 19.2. The number of benzene rings is 2. The molecule has 4 heteroatoms. The van der Waals surface area contributed by atoms with Crippen molar-refractivity contribution in [1.29, 1.82) is 0 Å². The van der Waals surface area contributed by atoms with Gasteiger partial charge in [-0.05, 0) is 42.0 Å². The van der Waals surface area contributed by atoms with Crippen LogP contribution in [0, 0.1) is 6.92 Å². The molecule has 0 spiro atoms. The molecular weight excluding hydrogens is 336 g/mol. The van der Waals surface area contributed by atoms with Crippen LogP contribution in [0.3, 0.4) is 0 Å². The van der Waals surface area contributed by atoms with Gasteiger partial charge in [0, 0.05) is 25.7 Å². The highest BCUT2D eigenvalue weighted by atomic mass is 16.5. The van der Waals surface area contributed by atoms with Crippen molar-refractivity contribution < 1.29 is 9.53 Å². The van der Waals surface area contributed by atoms with Crippen LogP contribution in [0.1, 0.15) is 42.9 Å². The average Bonchev–Trinajstić information content (AvgIpc) is 3.07. The molecule has 0 bridgehead atoms. The molecule has 1 aliphatic heterocycles. The Balaban J connectivity index is 1.47. The summed E-state index contributed by atoms with van der Waals surface area (Å²) < 4.78 is 5.85. The summed E-state index contributed by atoms with van der Waals surface area (Å²) in [4.78, 5) is 14.7. The first-order chi connectivity index (χ1) is 13.0. The van der Waals surface area contributed by atoms with E-state index in [1.807, 2.05) is 19.1 Å². The van der Waals surface area contributed by atoms with E-state index < -0.39 is 0 Å². The number of carbonyl (C=O) groups is 1. The number of aryl methyl sites for hydroxylation is 1. The number of rotatable bonds is 7. The third-order valence-electron chi connectivity index (χ3n) is 5.04. The number of nitrogens with one attached hydrogen (secondary N) is 1. The van der Waals surface area contributed by atoms with Crippen LogP contribution in [0.25, 0.3) is 0 Å². The monoisotopic (exact) mass is 366 g/mol. The van der Waals surface area contributed by atoms with E-state index in [2.05, 4.69) is 60.5 Å². The van der Waals surface area contributed by atoms with Gasteiger partial charge in [-0.2, -0.15) is 0 Å². The first-order valence-electron chi connectivity index (χ1n) is 9.80. The molecule has 1 aliphatic rings. The van der Waals surface area contributed by atoms with Gasteiger partial charge >= 0.3 is 0 Å². The summed E-state index contributed by atoms with van der Waals surface area (Å²) in [6.45, 7) is 9.22. The van der Waals surface area contributed by atoms with Gasteiger partial charge in [-0.15, -0.1) is 0 Å². The fourth-order valence-electron chi connectivity index (χ4n) is 3.59. The third kappa shape index (κ3) is 5.57. The summed E-state index contributed by atoms with van der Waals surface area (Å²) >= 11 is 0. The van der Waals surface area contributed by atoms with Gasteiger partial charge in [0.2, 0.25) is 0 Å². The van der Waals surface area contributed by atoms with Gasteiger partial charge in [0.25, 0.3) is 5.91 Å². The van der Waals surface area contributed by atoms with Crippen molar-refractivity contribution in [2.24, 2.45) is 0 Å². The predicted molar refractivity (Wildman–Crippen MR) is 109 cm³/mol. The summed E-state index contributed by atoms with van der Waals surface area (Å²) in [7, 11) is 0. The molecule has 0 aromatic heterocycles. The zero-order valence-corrected chi connectivity index (χ0v) is 16.6. The lowest BCUT2D eigenvalue weighted by Gasteiger charge is -2.18. The number of ether oxygens (including phenoxy) is 1. The lowest BCUT2D eigenvalue weighted by molar-refractivity contribution is -0.123. The molecule has 1 saturated heterocycles. The Bertz CT molecular complexity index is 758. The summed E-state index contributed by atoms with van der Waals surface area (Å²) in [6.07, 6.45) is 0.986. The van der Waals surface area contributed by atoms with Gasteiger partial charge in [-0.3, -0.25) is 9.69 Å². The lowest BCUT2D eigenvalue weighted by Crippen LogP contribution is -2.39. The molecule has 2 aromatic rings. The van der Waals surface area contributed by atoms with Crippen LogP contribution in [0.4, 0.5) is 0 Å². The van der Waals surface area contributed by atoms with E-state index in [9.17, 15) is 4.79 Å². The van der Waals surface area contributed by atoms with E-state index in [4.69, 9.17) is 4.74 Å². The number of amides is 1. The van der Waals surface area contributed by atoms with Crippen LogP contribution in [0.2, 0.25) is 0 Å². The normalized spacial score (nSPS) is 17.3. The van der Waals surface area contributed by atoms with Gasteiger partial charge in [-0.1, -0.05) is 56.3 Å². The number of likely N-dealkylation sites (tertiary alicyclic amines) is 1. The number of hydrogen-bond acceptors (Lipinski definition) is 3. The highest BCUT2D eigenvalue weighted by molar-refractivity contribution is 5.78. The molecule has 1 heterocycles. The topological polar surface area (TPSA) is 41.6 Å². The molecule has 1 atom stereocenters. The van der Waals surface area contributed by atoms with Crippen molar-refractivity contribution in [3.05, 3.63) is 65.2 Å². The van der Waals surface area contributed by atoms with Crippen molar-refractivity contribution in [2.75, 3.05) is 19.7 Å². The van der Waals surface area contributed by atoms with E-state index >= 15 is 0 Å². The van der Waals surface area contributed by atoms with Crippen LogP contribution in [-0.2, 0) is 11.3 Å². The minimum absolute atomic E-state index is 0.0437. The summed E-state index contributed by atoms with van der Waals surface area (Å²) in [5.74, 6) is 1.14. The zero-order valence-electron chi connectivity index (χ0n) is 16.6. The number of carbonyl (C=O) groups excluding carboxylic acids is 1. The van der Waals surface area contributed by atoms with Crippen molar-refractivity contribution >= 4 is 5.91 Å². The molecule has 1 unspecified atom stereocenters. The van der Waals surface area contributed by atoms with Crippen molar-refractivity contribution in [3.63, 3.8) is 0 Å². The Labute approximate surface area is 162 Å². The second-order valence-electron chi connectivity index (χ2n) is 7.76. The summed E-state index contributed by atoms with van der Waals surface area (Å²) in [6, 6.07) is 16.9. The smallest absolute Gasteiger partial charge is 0.258 e. The minimum atomic E-state index is -0.0437. The third-order valence-corrected chi connectivity index (χ3v) is 5.04. The number of nitrogens with zero attached hydrogens (tertiary/aromatic N) is 1. The molecule has 1 fully saturated rings. The van der Waals surface area contributed by atoms with E-state index in [1.165, 1.54) is 5.56 Å². The van der Waals surface area contributed by atoms with Gasteiger partial charge < -0.3 is 10.1 Å². The van der Waals surface area contributed by atoms with Crippen molar-refractivity contribution in [2.45, 2.75) is 45.7 Å². The van der Waals surface area contributed by atoms with Crippen LogP contribution in [0.15, 0.2) is 48.5 Å². The lowest BCUT2D eigenvalue weighted by atomic mass is 10.0. The van der Waals surface area contributed by atoms with Crippen LogP contribution in [0.5, 0.6) is 5.75 Å². The molecule has 2 aromatic carbocycles. The van der Waals surface area contributed by atoms with E-state index in [1.54, 1.807) is 0 Å². The molecule has 27 heavy (non-hydrogen) atoms. The Morgan fingerprint density at radius 2 is 2.00 bits per heavy atom. The molecule has 0 radical (unpaired) electrons. The fraction of sp³-hybridized carbons (Fsp3) is 0.435. The molecular formula is C23H30N2O2. The average molecular weight is 367 g/mol. The Kier molecular flexibility index (Phi) is 6.51. The minimum Gasteiger partial charge on any atom is -0.483 e. The molecule has 1 amide bonds. The molecule has 1 N–H and O–H groups in total. The standard InChI is InChI=1S/C23H30N2O2/c1-17(2)21-10-9-18(3)13-22(21)27-16-23(26)24-20-11-12-25(15-20)14-19-7-5-4-6-8-19/h4-10,13,17,20H,11-12,14-16H2,1-3H3,(H,24,26). The Morgan fingerprint density at radius 3 is 2.74 bits per heavy atom. The summed E-state index contributed by atoms with van der Waals surface area (Å²) in [5.41, 5.74) is 3.60. The van der Waals surface area contributed by atoms with E-state index in [0.29, 0.717) is 5.92 Å². The number of hydrogen-bond donors (Lipinski definition) is 1. The maximum absolute atomic E-state index is 12.3. The highest BCUT2D eigenvalue weighted by Gasteiger charge is 2.24. The predicted octanol–water partition coefficient (Wildman–Crippen LogP) is 3.89. The highest BCUT2D eigenvalue weighted by Crippen LogP contribution is 2.27. The van der Waals surface area contributed by atoms with Gasteiger partial charge in [0.05, 0.1) is 0 Å². The van der Waals surface area contributed by atoms with Gasteiger partial charge in [-0.25, -0.2) is 0 Å². The fourth-order valence-corrected chi connectivity index (χ4v) is 3.59. The molecule has 3 rings (SSSR count). The largest absolute Gasteiger partial charge is 0.483 e. The first kappa shape index (κ1) is 19.4. The van der Waals surface area contributed by atoms with Crippen LogP contribution >= 0.6 is 0 Å². The summed E-state index contributed by atoms with van der Waals surface area (Å²) in [5, 5.41) is 3.12. The quantitative estimate of drug-likeness (QED) is 0.808. The van der Waals surface area contributed by atoms with Gasteiger partial charge in [0.1, 0.15) is 5.75 Å². The van der Waals surface area contributed by atoms with Gasteiger partial charge in [0.15, 0.2) is 6.61 Å². The van der Waals surface area contributed by atoms with E-state index in [0.717, 1.165) is 42.9 Å². The second kappa shape index (κ2) is 9.05. The SMILES string of the molecule is Cc1ccc(C(C)C)c(OCC(=O)NC2CCN(Cc3ccccc3)C2)c1. The Morgan fingerprint density at radius 1 is 1.22 bits per heavy atom. The first-order valence-corrected chi connectivity index (χ1v) is 9.80. The van der Waals surface area contributed by atoms with Crippen molar-refractivity contribution in [3.8, 4) is 5.75 Å². The van der Waals surface area contributed by atoms with Crippen LogP contribution in [-0.4, -0.2) is 36.5 Å². The second-order valence-corrected chi connectivity index (χ2v) is 7.76. The van der Waals surface area contributed by atoms with Crippen LogP contribution < -0.4 is 10.1 Å². The molecule has 0 aliphatic carbocycles. The van der Waals surface area contributed by atoms with Crippen molar-refractivity contribution in [1.82, 2.24) is 10.2 Å².